The number of terminal acetylenes is 1. The predicted octanol–water partition coefficient (Wildman–Crippen LogP) is 31.6. The summed E-state index contributed by atoms with van der Waals surface area (Å²) >= 11 is 8.18. The normalized spacial score (nSPS) is 9.43. The van der Waals surface area contributed by atoms with E-state index in [0.717, 1.165) is 33.5 Å². The quantitative estimate of drug-likeness (QED) is 0.0625. The molecule has 0 fully saturated rings. The van der Waals surface area contributed by atoms with Crippen molar-refractivity contribution >= 4 is 84.2 Å². The Morgan fingerprint density at radius 2 is 0.396 bits per heavy atom. The molecule has 18 aromatic rings. The predicted molar refractivity (Wildman–Crippen MR) is 578 cm³/mol. The molecule has 0 heterocycles. The van der Waals surface area contributed by atoms with Gasteiger partial charge in [-0.1, -0.05) is 392 Å². The molecule has 18 rings (SSSR count). The second-order valence-electron chi connectivity index (χ2n) is 29.6. The Hall–Kier alpha value is -18.2. The fourth-order valence-corrected chi connectivity index (χ4v) is 14.9. The Bertz CT molecular complexity index is 7750. The number of fused-ring (bicyclic) bond motifs is 2. The van der Waals surface area contributed by atoms with Crippen LogP contribution in [0.4, 0.5) is 28.4 Å². The summed E-state index contributed by atoms with van der Waals surface area (Å²) in [6.07, 6.45) is 4.91. The van der Waals surface area contributed by atoms with Crippen LogP contribution < -0.4 is 10.2 Å². The van der Waals surface area contributed by atoms with Crippen molar-refractivity contribution in [2.24, 2.45) is 0 Å². The van der Waals surface area contributed by atoms with Gasteiger partial charge in [0.1, 0.15) is 0 Å². The molecule has 0 saturated heterocycles. The van der Waals surface area contributed by atoms with E-state index in [1.54, 1.807) is 6.92 Å². The number of nitrogens with one attached hydrogen (secondary N) is 1. The van der Waals surface area contributed by atoms with Gasteiger partial charge in [0.15, 0.2) is 0 Å². The van der Waals surface area contributed by atoms with Crippen LogP contribution >= 0.6 is 34.2 Å². The van der Waals surface area contributed by atoms with Crippen LogP contribution in [0.5, 0.6) is 0 Å². The minimum absolute atomic E-state index is 0.760. The number of hydrogen-bond donors (Lipinski definition) is 1. The summed E-state index contributed by atoms with van der Waals surface area (Å²) in [5.41, 5.74) is 30.0. The second kappa shape index (κ2) is 49.8. The van der Waals surface area contributed by atoms with Crippen molar-refractivity contribution in [1.82, 2.24) is 0 Å². The van der Waals surface area contributed by atoms with Crippen molar-refractivity contribution in [3.05, 3.63) is 454 Å². The Kier molecular flexibility index (Phi) is 34.2. The zero-order valence-corrected chi connectivity index (χ0v) is 76.4. The van der Waals surface area contributed by atoms with E-state index < -0.39 is 0 Å². The molecule has 0 saturated carbocycles. The van der Waals surface area contributed by atoms with E-state index in [4.69, 9.17) is 18.0 Å². The highest BCUT2D eigenvalue weighted by Gasteiger charge is 2.17. The summed E-state index contributed by atoms with van der Waals surface area (Å²) in [5, 5.41) is 9.15. The van der Waals surface area contributed by atoms with Gasteiger partial charge in [-0.2, -0.15) is 0 Å². The fraction of sp³-hybridized carbons (Fsp3) is 0.0154. The topological polar surface area (TPSA) is 15.3 Å². The number of halogens is 2. The largest absolute Gasteiger partial charge is 0.356 e. The third kappa shape index (κ3) is 26.5. The van der Waals surface area contributed by atoms with Crippen molar-refractivity contribution in [2.75, 3.05) is 15.1 Å². The first-order chi connectivity index (χ1) is 66.3. The van der Waals surface area contributed by atoms with Gasteiger partial charge in [0.2, 0.25) is 0 Å². The summed E-state index contributed by atoms with van der Waals surface area (Å²) in [7, 11) is 0. The van der Waals surface area contributed by atoms with E-state index in [1.807, 2.05) is 29.2 Å². The van der Waals surface area contributed by atoms with Gasteiger partial charge in [-0.05, 0) is 336 Å². The van der Waals surface area contributed by atoms with Crippen molar-refractivity contribution < 1.29 is 0 Å². The smallest absolute Gasteiger partial charge is 0.0462 e. The van der Waals surface area contributed by atoms with E-state index in [0.29, 0.717) is 0 Å². The summed E-state index contributed by atoms with van der Waals surface area (Å²) in [6.45, 7) is 1.69. The minimum Gasteiger partial charge on any atom is -0.356 e. The monoisotopic (exact) mass is 1830 g/mol. The first kappa shape index (κ1) is 92.0. The summed E-state index contributed by atoms with van der Waals surface area (Å²) < 4.78 is 0. The molecule has 0 atom stereocenters. The van der Waals surface area contributed by atoms with Crippen LogP contribution in [0.1, 0.15) is 6.92 Å². The van der Waals surface area contributed by atoms with Crippen molar-refractivity contribution in [1.29, 1.82) is 0 Å². The highest BCUT2D eigenvalue weighted by atomic mass is 127. The van der Waals surface area contributed by atoms with Gasteiger partial charge >= 0.3 is 0 Å². The zero-order chi connectivity index (χ0) is 92.2. The highest BCUT2D eigenvalue weighted by Crippen LogP contribution is 2.41. The van der Waals surface area contributed by atoms with Gasteiger partial charge in [0, 0.05) is 69.0 Å². The molecular formula is C130H82ClIN2. The average Bonchev–Trinajstić information content (AvgIpc) is 0.795. The molecule has 626 valence electrons. The molecule has 0 aliphatic carbocycles. The third-order valence-electron chi connectivity index (χ3n) is 21.1. The van der Waals surface area contributed by atoms with Crippen LogP contribution in [0.3, 0.4) is 0 Å². The van der Waals surface area contributed by atoms with E-state index in [1.165, 1.54) is 133 Å². The standard InChI is InChI=1S/C52H37N.C28H19Cl.C25H4.C24H19N.CH3I/c1-4-12-38(13-5-1)40-24-30-48(31-25-40)53(49-32-26-41(27-33-49)39-14-6-2-7-15-39)50-34-28-42(29-35-50)44-20-21-46-37-47(23-22-45(46)36-44)52-19-11-10-18-51(52)43-16-8-3-9-17-43;29-26-16-14-20(15-17-26)22-10-11-24-19-25(13-12-23(24)18-22)28-9-5-4-8-27(28)21-6-2-1-3-7-21;1-3-5-7-9-11-13-15-17-19-21-23-25-24-22-20-18-16-14-12-10-8-6-4-2;1-3-7-19(8-4-1)21-11-15-23(16-12-21)25-24-17-13-22(14-18-24)20-9-5-2-6-10-20;1-2/h1-37H;1-19H;1H,2H3;1-18,25H;1H3. The van der Waals surface area contributed by atoms with E-state index in [2.05, 4.69) is 594 Å². The number of anilines is 5. The maximum absolute atomic E-state index is 6.03. The third-order valence-corrected chi connectivity index (χ3v) is 21.4. The van der Waals surface area contributed by atoms with Crippen LogP contribution in [0.2, 0.25) is 5.02 Å². The maximum Gasteiger partial charge on any atom is 0.0462 e. The van der Waals surface area contributed by atoms with E-state index in [-0.39, 0.29) is 0 Å². The minimum atomic E-state index is 0.760. The van der Waals surface area contributed by atoms with Gasteiger partial charge in [-0.15, -0.1) is 6.42 Å². The molecule has 0 bridgehead atoms. The first-order valence-corrected chi connectivity index (χ1v) is 45.6. The summed E-state index contributed by atoms with van der Waals surface area (Å²) in [5.74, 6) is 56.9. The van der Waals surface area contributed by atoms with Crippen LogP contribution in [-0.4, -0.2) is 4.93 Å². The van der Waals surface area contributed by atoms with Crippen molar-refractivity contribution in [3.8, 4) is 254 Å². The Balaban J connectivity index is 0.000000152. The number of hydrogen-bond acceptors (Lipinski definition) is 2. The zero-order valence-electron chi connectivity index (χ0n) is 73.5. The maximum atomic E-state index is 6.03. The fourth-order valence-electron chi connectivity index (χ4n) is 14.8. The van der Waals surface area contributed by atoms with Crippen LogP contribution in [0, 0.1) is 143 Å². The molecule has 1 N–H and O–H groups in total. The SMILES string of the molecule is C#CC#CC#CC#CC#CC#CC#CC#CC#CC#CC#CC#CC.CI.Clc1ccc(-c2ccc3cc(-c4ccccc4-c4ccccc4)ccc3c2)cc1.c1ccc(-c2ccc(N(c3ccc(-c4ccccc4)cc3)c3ccc(-c4ccc5cc(-c6ccccc6-c6ccccc6)ccc5c4)cc3)cc2)cc1.c1ccc(-c2ccc(Nc3ccc(-c4ccccc4)cc3)cc2)cc1. The molecule has 2 nitrogen and oxygen atoms in total. The molecule has 134 heavy (non-hydrogen) atoms. The molecule has 18 aromatic carbocycles. The van der Waals surface area contributed by atoms with Gasteiger partial charge in [-0.25, -0.2) is 0 Å². The van der Waals surface area contributed by atoms with E-state index in [9.17, 15) is 0 Å². The second-order valence-corrected chi connectivity index (χ2v) is 30.1. The van der Waals surface area contributed by atoms with Crippen LogP contribution in [-0.2, 0) is 0 Å². The van der Waals surface area contributed by atoms with Crippen LogP contribution in [0.15, 0.2) is 449 Å². The lowest BCUT2D eigenvalue weighted by atomic mass is 9.92. The van der Waals surface area contributed by atoms with E-state index >= 15 is 0 Å². The number of benzene rings is 18. The lowest BCUT2D eigenvalue weighted by Crippen LogP contribution is -2.09. The molecule has 0 aromatic heterocycles. The molecule has 0 unspecified atom stereocenters. The lowest BCUT2D eigenvalue weighted by molar-refractivity contribution is 1.28. The van der Waals surface area contributed by atoms with Gasteiger partial charge in [0.05, 0.1) is 0 Å². The number of nitrogens with zero attached hydrogens (tertiary/aromatic N) is 1. The highest BCUT2D eigenvalue weighted by molar-refractivity contribution is 14.1. The first-order valence-electron chi connectivity index (χ1n) is 43.0. The molecule has 4 heteroatoms. The molecule has 0 amide bonds. The van der Waals surface area contributed by atoms with Crippen molar-refractivity contribution in [2.45, 2.75) is 6.92 Å². The lowest BCUT2D eigenvalue weighted by Gasteiger charge is -2.26. The summed E-state index contributed by atoms with van der Waals surface area (Å²) in [4.78, 5) is 4.31. The molecular weight excluding hydrogens is 1750 g/mol. The van der Waals surface area contributed by atoms with Crippen LogP contribution in [0.25, 0.3) is 133 Å². The molecule has 0 aliphatic rings. The molecule has 0 aliphatic heterocycles. The van der Waals surface area contributed by atoms with Gasteiger partial charge < -0.3 is 10.2 Å². The average molecular weight is 1830 g/mol. The van der Waals surface area contributed by atoms with Gasteiger partial charge in [0.25, 0.3) is 0 Å². The number of rotatable bonds is 15. The Labute approximate surface area is 807 Å². The van der Waals surface area contributed by atoms with Gasteiger partial charge in [-0.3, -0.25) is 0 Å². The Morgan fingerprint density at radius 3 is 0.664 bits per heavy atom. The molecule has 0 radical (unpaired) electrons. The van der Waals surface area contributed by atoms with Crippen molar-refractivity contribution in [3.63, 3.8) is 0 Å². The summed E-state index contributed by atoms with van der Waals surface area (Å²) in [6, 6.07) is 159. The molecule has 0 spiro atoms. The number of alkyl halides is 1. The Morgan fingerprint density at radius 1 is 0.201 bits per heavy atom.